The molecule has 1 atom stereocenters. The summed E-state index contributed by atoms with van der Waals surface area (Å²) in [5, 5.41) is 11.8. The summed E-state index contributed by atoms with van der Waals surface area (Å²) in [6.07, 6.45) is 3.80. The van der Waals surface area contributed by atoms with E-state index in [0.717, 1.165) is 37.3 Å². The highest BCUT2D eigenvalue weighted by Crippen LogP contribution is 2.27. The predicted molar refractivity (Wildman–Crippen MR) is 161 cm³/mol. The number of hydrogen-bond donors (Lipinski definition) is 2. The van der Waals surface area contributed by atoms with Gasteiger partial charge in [-0.25, -0.2) is 4.98 Å². The van der Waals surface area contributed by atoms with E-state index >= 15 is 0 Å². The molecule has 9 heteroatoms. The molecule has 1 aromatic heterocycles. The van der Waals surface area contributed by atoms with Crippen molar-refractivity contribution in [2.24, 2.45) is 5.73 Å². The van der Waals surface area contributed by atoms with E-state index in [1.54, 1.807) is 0 Å². The lowest BCUT2D eigenvalue weighted by Crippen LogP contribution is -2.49. The Balaban J connectivity index is 1.34. The minimum atomic E-state index is -1.06. The van der Waals surface area contributed by atoms with Crippen LogP contribution < -0.4 is 16.2 Å². The van der Waals surface area contributed by atoms with Crippen LogP contribution in [-0.4, -0.2) is 89.3 Å². The molecular weight excluding hydrogens is 504 g/mol. The van der Waals surface area contributed by atoms with Crippen molar-refractivity contribution >= 4 is 22.5 Å². The average molecular weight is 549 g/mol. The van der Waals surface area contributed by atoms with Gasteiger partial charge < -0.3 is 25.5 Å². The van der Waals surface area contributed by atoms with Crippen molar-refractivity contribution in [3.63, 3.8) is 0 Å². The second kappa shape index (κ2) is 13.4. The van der Waals surface area contributed by atoms with E-state index in [4.69, 9.17) is 5.73 Å². The van der Waals surface area contributed by atoms with Crippen molar-refractivity contribution in [3.05, 3.63) is 70.8 Å². The van der Waals surface area contributed by atoms with Crippen LogP contribution in [0, 0.1) is 0 Å². The molecule has 0 aliphatic carbocycles. The van der Waals surface area contributed by atoms with Crippen molar-refractivity contribution in [2.75, 3.05) is 58.3 Å². The minimum absolute atomic E-state index is 0.103. The Morgan fingerprint density at radius 3 is 2.52 bits per heavy atom. The van der Waals surface area contributed by atoms with Crippen LogP contribution in [-0.2, 0) is 11.3 Å². The van der Waals surface area contributed by atoms with E-state index in [9.17, 15) is 14.7 Å². The number of rotatable bonds is 12. The molecule has 2 heterocycles. The lowest BCUT2D eigenvalue weighted by Gasteiger charge is -2.38. The number of carbonyl (C=O) groups excluding carboxylic acids is 1. The van der Waals surface area contributed by atoms with Crippen LogP contribution in [0.5, 0.6) is 0 Å². The number of aromatic nitrogens is 2. The normalized spacial score (nSPS) is 15.9. The van der Waals surface area contributed by atoms with E-state index in [1.165, 1.54) is 10.9 Å². The first-order valence-electron chi connectivity index (χ1n) is 14.3. The second-order valence-electron chi connectivity index (χ2n) is 11.4. The van der Waals surface area contributed by atoms with Crippen LogP contribution in [0.4, 0.5) is 5.69 Å². The van der Waals surface area contributed by atoms with Crippen molar-refractivity contribution in [1.29, 1.82) is 0 Å². The van der Waals surface area contributed by atoms with E-state index in [1.807, 2.05) is 60.5 Å². The molecule has 216 valence electrons. The molecule has 1 aliphatic rings. The summed E-state index contributed by atoms with van der Waals surface area (Å²) >= 11 is 0. The van der Waals surface area contributed by atoms with Gasteiger partial charge >= 0.3 is 0 Å². The van der Waals surface area contributed by atoms with Gasteiger partial charge in [0.25, 0.3) is 5.56 Å². The van der Waals surface area contributed by atoms with Gasteiger partial charge in [-0.15, -0.1) is 0 Å². The fraction of sp³-hybridized carbons (Fsp3) is 0.516. The van der Waals surface area contributed by atoms with Gasteiger partial charge in [-0.05, 0) is 69.1 Å². The highest BCUT2D eigenvalue weighted by atomic mass is 16.3. The molecule has 0 radical (unpaired) electrons. The van der Waals surface area contributed by atoms with Gasteiger partial charge in [0.15, 0.2) is 0 Å². The Bertz CT molecular complexity index is 1320. The zero-order valence-corrected chi connectivity index (χ0v) is 24.1. The molecule has 1 fully saturated rings. The molecule has 1 amide bonds. The number of anilines is 1. The Labute approximate surface area is 237 Å². The number of piperidine rings is 1. The fourth-order valence-electron chi connectivity index (χ4n) is 5.36. The monoisotopic (exact) mass is 548 g/mol. The number of amides is 1. The molecule has 0 saturated carbocycles. The van der Waals surface area contributed by atoms with Gasteiger partial charge in [0, 0.05) is 45.3 Å². The quantitative estimate of drug-likeness (QED) is 0.358. The number of fused-ring (bicyclic) bond motifs is 1. The van der Waals surface area contributed by atoms with Gasteiger partial charge in [0.05, 0.1) is 29.4 Å². The Hall–Kier alpha value is -3.27. The molecule has 0 spiro atoms. The third-order valence-electron chi connectivity index (χ3n) is 8.17. The minimum Gasteiger partial charge on any atom is -0.388 e. The summed E-state index contributed by atoms with van der Waals surface area (Å²) in [6.45, 7) is 6.60. The van der Waals surface area contributed by atoms with Gasteiger partial charge in [0.2, 0.25) is 5.91 Å². The predicted octanol–water partition coefficient (Wildman–Crippen LogP) is 2.66. The highest BCUT2D eigenvalue weighted by molar-refractivity contribution is 5.81. The number of nitrogens with two attached hydrogens (primary N) is 1. The molecule has 1 saturated heterocycles. The lowest BCUT2D eigenvalue weighted by molar-refractivity contribution is -0.136. The zero-order chi connectivity index (χ0) is 28.7. The maximum atomic E-state index is 13.3. The summed E-state index contributed by atoms with van der Waals surface area (Å²) in [5.74, 6) is 0.241. The average Bonchev–Trinajstić information content (AvgIpc) is 2.96. The molecule has 3 aromatic rings. The first-order chi connectivity index (χ1) is 19.2. The third kappa shape index (κ3) is 7.47. The van der Waals surface area contributed by atoms with Crippen molar-refractivity contribution in [1.82, 2.24) is 19.4 Å². The summed E-state index contributed by atoms with van der Waals surface area (Å²) in [5.41, 5.74) is 7.18. The van der Waals surface area contributed by atoms with Crippen LogP contribution in [0.2, 0.25) is 0 Å². The number of benzene rings is 2. The van der Waals surface area contributed by atoms with Crippen LogP contribution in [0.3, 0.4) is 0 Å². The second-order valence-corrected chi connectivity index (χ2v) is 11.4. The van der Waals surface area contributed by atoms with Gasteiger partial charge in [0.1, 0.15) is 0 Å². The Morgan fingerprint density at radius 2 is 1.82 bits per heavy atom. The van der Waals surface area contributed by atoms with Crippen LogP contribution in [0.15, 0.2) is 59.7 Å². The largest absolute Gasteiger partial charge is 0.388 e. The Kier molecular flexibility index (Phi) is 9.95. The number of likely N-dealkylation sites (tertiary alicyclic amines) is 1. The zero-order valence-electron chi connectivity index (χ0n) is 24.1. The molecule has 4 rings (SSSR count). The van der Waals surface area contributed by atoms with Gasteiger partial charge in [-0.3, -0.25) is 14.2 Å². The molecule has 40 heavy (non-hydrogen) atoms. The van der Waals surface area contributed by atoms with E-state index in [0.29, 0.717) is 49.8 Å². The number of hydrogen-bond acceptors (Lipinski definition) is 7. The van der Waals surface area contributed by atoms with Gasteiger partial charge in [-0.2, -0.15) is 0 Å². The molecule has 0 unspecified atom stereocenters. The van der Waals surface area contributed by atoms with Crippen molar-refractivity contribution in [3.8, 4) is 0 Å². The number of likely N-dealkylation sites (N-methyl/N-ethyl adjacent to an activating group) is 2. The standard InChI is InChI=1S/C31H44N6O3/c1-24(25-8-5-4-6-9-25)20-29(38)36-16-12-31(40,13-17-36)22-37-23-33-28-21-26(10-11-27(28)30(37)39)35(3)19-18-34(2)15-7-14-32/h4-6,8-11,21,23-24,40H,7,12-20,22,32H2,1-3H3/t24-/m1/s1. The van der Waals surface area contributed by atoms with Crippen LogP contribution in [0.1, 0.15) is 44.1 Å². The SMILES string of the molecule is C[C@H](CC(=O)N1CCC(O)(Cn2cnc3cc(N(C)CCN(C)CCCN)ccc3c2=O)CC1)c1ccccc1. The molecule has 0 bridgehead atoms. The van der Waals surface area contributed by atoms with E-state index in [-0.39, 0.29) is 23.9 Å². The van der Waals surface area contributed by atoms with E-state index in [2.05, 4.69) is 28.8 Å². The number of carbonyl (C=O) groups is 1. The molecule has 3 N–H and O–H groups in total. The molecule has 2 aromatic carbocycles. The van der Waals surface area contributed by atoms with Crippen molar-refractivity contribution in [2.45, 2.75) is 50.7 Å². The first kappa shape index (κ1) is 29.7. The summed E-state index contributed by atoms with van der Waals surface area (Å²) in [4.78, 5) is 37.0. The summed E-state index contributed by atoms with van der Waals surface area (Å²) < 4.78 is 1.51. The highest BCUT2D eigenvalue weighted by Gasteiger charge is 2.35. The fourth-order valence-corrected chi connectivity index (χ4v) is 5.36. The smallest absolute Gasteiger partial charge is 0.261 e. The maximum Gasteiger partial charge on any atom is 0.261 e. The van der Waals surface area contributed by atoms with Crippen LogP contribution >= 0.6 is 0 Å². The van der Waals surface area contributed by atoms with Crippen molar-refractivity contribution < 1.29 is 9.90 Å². The summed E-state index contributed by atoms with van der Waals surface area (Å²) in [7, 11) is 4.13. The number of aliphatic hydroxyl groups is 1. The Morgan fingerprint density at radius 1 is 1.10 bits per heavy atom. The lowest BCUT2D eigenvalue weighted by atomic mass is 9.90. The summed E-state index contributed by atoms with van der Waals surface area (Å²) in [6, 6.07) is 15.8. The maximum absolute atomic E-state index is 13.3. The number of nitrogens with zero attached hydrogens (tertiary/aromatic N) is 5. The van der Waals surface area contributed by atoms with Crippen LogP contribution in [0.25, 0.3) is 10.9 Å². The third-order valence-corrected chi connectivity index (χ3v) is 8.17. The topological polar surface area (TPSA) is 108 Å². The van der Waals surface area contributed by atoms with Gasteiger partial charge in [-0.1, -0.05) is 37.3 Å². The molecule has 1 aliphatic heterocycles. The first-order valence-corrected chi connectivity index (χ1v) is 14.3. The molecule has 9 nitrogen and oxygen atoms in total. The molecular formula is C31H44N6O3. The van der Waals surface area contributed by atoms with E-state index < -0.39 is 5.60 Å².